The Hall–Kier alpha value is -2.96. The largest absolute Gasteiger partial charge is 0.337 e. The van der Waals surface area contributed by atoms with Gasteiger partial charge in [0, 0.05) is 44.0 Å². The number of aromatic nitrogens is 4. The molecule has 1 aromatic carbocycles. The van der Waals surface area contributed by atoms with Crippen LogP contribution < -0.4 is 4.90 Å². The van der Waals surface area contributed by atoms with Crippen molar-refractivity contribution in [3.05, 3.63) is 48.5 Å². The molecule has 2 aromatic heterocycles. The first kappa shape index (κ1) is 15.6. The van der Waals surface area contributed by atoms with Crippen molar-refractivity contribution in [2.75, 3.05) is 18.0 Å². The van der Waals surface area contributed by atoms with Gasteiger partial charge in [0.25, 0.3) is 11.8 Å². The van der Waals surface area contributed by atoms with Crippen LogP contribution in [0.4, 0.5) is 5.95 Å². The van der Waals surface area contributed by atoms with Crippen LogP contribution in [-0.4, -0.2) is 38.6 Å². The number of hydrogen-bond donors (Lipinski definition) is 0. The van der Waals surface area contributed by atoms with Crippen LogP contribution in [0.2, 0.25) is 0 Å². The first-order valence-corrected chi connectivity index (χ1v) is 8.38. The van der Waals surface area contributed by atoms with Gasteiger partial charge in [0.15, 0.2) is 5.82 Å². The van der Waals surface area contributed by atoms with Crippen LogP contribution in [0.15, 0.2) is 47.2 Å². The van der Waals surface area contributed by atoms with Gasteiger partial charge in [-0.2, -0.15) is 4.98 Å². The second-order valence-corrected chi connectivity index (χ2v) is 6.28. The number of Topliss-reactive ketones (excluding diaryl/α,β-unsaturated/α-hetero) is 1. The van der Waals surface area contributed by atoms with Gasteiger partial charge < -0.3 is 14.0 Å². The van der Waals surface area contributed by atoms with Gasteiger partial charge in [-0.05, 0) is 30.1 Å². The van der Waals surface area contributed by atoms with Crippen molar-refractivity contribution < 1.29 is 9.32 Å². The second-order valence-electron chi connectivity index (χ2n) is 6.28. The number of imidazole rings is 1. The summed E-state index contributed by atoms with van der Waals surface area (Å²) in [6.07, 6.45) is 5.21. The number of rotatable bonds is 4. The lowest BCUT2D eigenvalue weighted by molar-refractivity contribution is 0.0893. The lowest BCUT2D eigenvalue weighted by Gasteiger charge is -2.30. The Morgan fingerprint density at radius 1 is 1.28 bits per heavy atom. The minimum atomic E-state index is -0.103. The van der Waals surface area contributed by atoms with Gasteiger partial charge in [-0.25, -0.2) is 4.98 Å². The molecule has 0 N–H and O–H groups in total. The van der Waals surface area contributed by atoms with Crippen LogP contribution in [-0.2, 0) is 7.05 Å². The Bertz CT molecular complexity index is 870. The fourth-order valence-electron chi connectivity index (χ4n) is 3.20. The van der Waals surface area contributed by atoms with Gasteiger partial charge in [-0.1, -0.05) is 18.2 Å². The third kappa shape index (κ3) is 3.05. The normalized spacial score (nSPS) is 17.6. The van der Waals surface area contributed by atoms with Crippen molar-refractivity contribution in [2.45, 2.75) is 12.8 Å². The topological polar surface area (TPSA) is 77.0 Å². The van der Waals surface area contributed by atoms with Crippen molar-refractivity contribution in [3.8, 4) is 11.5 Å². The van der Waals surface area contributed by atoms with Crippen molar-refractivity contribution >= 4 is 11.7 Å². The van der Waals surface area contributed by atoms with E-state index in [0.29, 0.717) is 24.2 Å². The van der Waals surface area contributed by atoms with Crippen molar-refractivity contribution in [1.29, 1.82) is 0 Å². The second kappa shape index (κ2) is 6.51. The van der Waals surface area contributed by atoms with Crippen LogP contribution in [0.3, 0.4) is 0 Å². The van der Waals surface area contributed by atoms with E-state index < -0.39 is 0 Å². The average Bonchev–Trinajstić information content (AvgIpc) is 3.31. The summed E-state index contributed by atoms with van der Waals surface area (Å²) in [6.45, 7) is 1.40. The van der Waals surface area contributed by atoms with E-state index in [1.165, 1.54) is 0 Å². The minimum Gasteiger partial charge on any atom is -0.337 e. The number of aryl methyl sites for hydroxylation is 1. The summed E-state index contributed by atoms with van der Waals surface area (Å²) in [6, 6.07) is 9.67. The maximum atomic E-state index is 12.7. The van der Waals surface area contributed by atoms with Crippen molar-refractivity contribution in [1.82, 2.24) is 19.7 Å². The van der Waals surface area contributed by atoms with Gasteiger partial charge in [0.1, 0.15) is 0 Å². The predicted molar refractivity (Wildman–Crippen MR) is 92.2 cm³/mol. The molecule has 1 aliphatic rings. The highest BCUT2D eigenvalue weighted by molar-refractivity contribution is 5.95. The SMILES string of the molecule is Cn1ccnc1C(=O)[C@H]1CCCN(c2noc(-c3ccccc3)n2)C1. The van der Waals surface area contributed by atoms with E-state index in [1.807, 2.05) is 42.3 Å². The molecule has 128 valence electrons. The number of carbonyl (C=O) groups excluding carboxylic acids is 1. The Balaban J connectivity index is 1.51. The summed E-state index contributed by atoms with van der Waals surface area (Å²) in [4.78, 5) is 23.4. The fourth-order valence-corrected chi connectivity index (χ4v) is 3.20. The molecule has 3 heterocycles. The van der Waals surface area contributed by atoms with Gasteiger partial charge in [-0.3, -0.25) is 4.79 Å². The number of benzene rings is 1. The van der Waals surface area contributed by atoms with Crippen molar-refractivity contribution in [3.63, 3.8) is 0 Å². The Labute approximate surface area is 145 Å². The molecule has 0 unspecified atom stereocenters. The number of piperidine rings is 1. The minimum absolute atomic E-state index is 0.0731. The molecule has 3 aromatic rings. The third-order valence-corrected chi connectivity index (χ3v) is 4.55. The van der Waals surface area contributed by atoms with Crippen LogP contribution in [0.1, 0.15) is 23.5 Å². The smallest absolute Gasteiger partial charge is 0.266 e. The average molecular weight is 337 g/mol. The van der Waals surface area contributed by atoms with Crippen LogP contribution in [0, 0.1) is 5.92 Å². The summed E-state index contributed by atoms with van der Waals surface area (Å²) in [5, 5.41) is 4.10. The third-order valence-electron chi connectivity index (χ3n) is 4.55. The maximum Gasteiger partial charge on any atom is 0.266 e. The molecule has 7 nitrogen and oxygen atoms in total. The highest BCUT2D eigenvalue weighted by Gasteiger charge is 2.30. The lowest BCUT2D eigenvalue weighted by Crippen LogP contribution is -2.39. The predicted octanol–water partition coefficient (Wildman–Crippen LogP) is 2.57. The van der Waals surface area contributed by atoms with Gasteiger partial charge in [0.2, 0.25) is 5.78 Å². The summed E-state index contributed by atoms with van der Waals surface area (Å²) >= 11 is 0. The van der Waals surface area contributed by atoms with E-state index in [1.54, 1.807) is 17.0 Å². The molecule has 7 heteroatoms. The molecule has 1 fully saturated rings. The fraction of sp³-hybridized carbons (Fsp3) is 0.333. The zero-order chi connectivity index (χ0) is 17.2. The number of carbonyl (C=O) groups is 1. The number of anilines is 1. The molecule has 0 aliphatic carbocycles. The van der Waals surface area contributed by atoms with E-state index in [9.17, 15) is 4.79 Å². The van der Waals surface area contributed by atoms with Crippen molar-refractivity contribution in [2.24, 2.45) is 13.0 Å². The molecule has 0 bridgehead atoms. The van der Waals surface area contributed by atoms with Gasteiger partial charge in [0.05, 0.1) is 0 Å². The Morgan fingerprint density at radius 2 is 2.12 bits per heavy atom. The monoisotopic (exact) mass is 337 g/mol. The number of ketones is 1. The van der Waals surface area contributed by atoms with Crippen LogP contribution in [0.25, 0.3) is 11.5 Å². The molecule has 1 aliphatic heterocycles. The summed E-state index contributed by atoms with van der Waals surface area (Å²) in [5.74, 6) is 1.51. The Morgan fingerprint density at radius 3 is 2.88 bits per heavy atom. The molecule has 1 atom stereocenters. The van der Waals surface area contributed by atoms with Crippen LogP contribution in [0.5, 0.6) is 0 Å². The molecular weight excluding hydrogens is 318 g/mol. The maximum absolute atomic E-state index is 12.7. The lowest BCUT2D eigenvalue weighted by atomic mass is 9.93. The highest BCUT2D eigenvalue weighted by atomic mass is 16.5. The first-order chi connectivity index (χ1) is 12.2. The molecule has 0 saturated carbocycles. The molecule has 0 radical (unpaired) electrons. The zero-order valence-corrected chi connectivity index (χ0v) is 14.0. The molecule has 4 rings (SSSR count). The van der Waals surface area contributed by atoms with E-state index in [0.717, 1.165) is 24.9 Å². The molecule has 0 amide bonds. The zero-order valence-electron chi connectivity index (χ0n) is 14.0. The standard InChI is InChI=1S/C18H19N5O2/c1-22-11-9-19-16(22)15(24)14-8-5-10-23(12-14)18-20-17(25-21-18)13-6-3-2-4-7-13/h2-4,6-7,9,11,14H,5,8,10,12H2,1H3/t14-/m0/s1. The van der Waals surface area contributed by atoms with E-state index in [2.05, 4.69) is 15.1 Å². The Kier molecular flexibility index (Phi) is 4.05. The van der Waals surface area contributed by atoms with E-state index in [-0.39, 0.29) is 11.7 Å². The van der Waals surface area contributed by atoms with E-state index >= 15 is 0 Å². The van der Waals surface area contributed by atoms with Gasteiger partial charge >= 0.3 is 0 Å². The van der Waals surface area contributed by atoms with Crippen LogP contribution >= 0.6 is 0 Å². The highest BCUT2D eigenvalue weighted by Crippen LogP contribution is 2.25. The molecule has 25 heavy (non-hydrogen) atoms. The van der Waals surface area contributed by atoms with E-state index in [4.69, 9.17) is 4.52 Å². The molecule has 1 saturated heterocycles. The quantitative estimate of drug-likeness (QED) is 0.681. The summed E-state index contributed by atoms with van der Waals surface area (Å²) < 4.78 is 7.15. The summed E-state index contributed by atoms with van der Waals surface area (Å²) in [5.41, 5.74) is 0.888. The van der Waals surface area contributed by atoms with Gasteiger partial charge in [-0.15, -0.1) is 0 Å². The number of nitrogens with zero attached hydrogens (tertiary/aromatic N) is 5. The summed E-state index contributed by atoms with van der Waals surface area (Å²) in [7, 11) is 1.84. The molecular formula is C18H19N5O2. The number of hydrogen-bond acceptors (Lipinski definition) is 6. The first-order valence-electron chi connectivity index (χ1n) is 8.38. The molecule has 0 spiro atoms.